The van der Waals surface area contributed by atoms with Crippen molar-refractivity contribution >= 4 is 53.2 Å². The molecule has 0 saturated heterocycles. The predicted octanol–water partition coefficient (Wildman–Crippen LogP) is 5.77. The number of rotatable bonds is 6. The molecule has 30 heavy (non-hydrogen) atoms. The minimum absolute atomic E-state index is 0.183. The Balaban J connectivity index is 1.79. The third-order valence-corrected chi connectivity index (χ3v) is 8.22. The SMILES string of the molecule is COc1ccc(CN(c2nccs2)S(=O)(=O)c2ccc3c(Br)cccc3c2)c(C)c1. The Bertz CT molecular complexity index is 1310. The predicted molar refractivity (Wildman–Crippen MR) is 125 cm³/mol. The van der Waals surface area contributed by atoms with Crippen molar-refractivity contribution in [1.29, 1.82) is 0 Å². The highest BCUT2D eigenvalue weighted by atomic mass is 79.9. The number of fused-ring (bicyclic) bond motifs is 1. The van der Waals surface area contributed by atoms with Gasteiger partial charge in [-0.15, -0.1) is 11.3 Å². The number of nitrogens with zero attached hydrogens (tertiary/aromatic N) is 2. The summed E-state index contributed by atoms with van der Waals surface area (Å²) in [5.74, 6) is 0.736. The Hall–Kier alpha value is -2.42. The van der Waals surface area contributed by atoms with Crippen molar-refractivity contribution in [1.82, 2.24) is 4.98 Å². The molecule has 3 aromatic carbocycles. The highest BCUT2D eigenvalue weighted by molar-refractivity contribution is 9.10. The molecule has 4 aromatic rings. The van der Waals surface area contributed by atoms with Crippen molar-refractivity contribution in [2.45, 2.75) is 18.4 Å². The van der Waals surface area contributed by atoms with Crippen molar-refractivity contribution in [2.24, 2.45) is 0 Å². The smallest absolute Gasteiger partial charge is 0.266 e. The van der Waals surface area contributed by atoms with Crippen LogP contribution in [0, 0.1) is 6.92 Å². The third kappa shape index (κ3) is 3.95. The first kappa shape index (κ1) is 20.8. The lowest BCUT2D eigenvalue weighted by Crippen LogP contribution is -2.30. The second kappa shape index (κ2) is 8.37. The van der Waals surface area contributed by atoms with Crippen molar-refractivity contribution in [2.75, 3.05) is 11.4 Å². The quantitative estimate of drug-likeness (QED) is 0.335. The average Bonchev–Trinajstić information content (AvgIpc) is 3.27. The lowest BCUT2D eigenvalue weighted by atomic mass is 10.1. The Labute approximate surface area is 188 Å². The summed E-state index contributed by atoms with van der Waals surface area (Å²) in [6.07, 6.45) is 1.61. The Morgan fingerprint density at radius 1 is 1.13 bits per heavy atom. The maximum atomic E-state index is 13.7. The fourth-order valence-electron chi connectivity index (χ4n) is 3.23. The van der Waals surface area contributed by atoms with E-state index in [-0.39, 0.29) is 11.4 Å². The van der Waals surface area contributed by atoms with Gasteiger partial charge in [0, 0.05) is 16.0 Å². The van der Waals surface area contributed by atoms with Crippen LogP contribution in [-0.4, -0.2) is 20.5 Å². The van der Waals surface area contributed by atoms with E-state index in [9.17, 15) is 8.42 Å². The normalized spacial score (nSPS) is 11.6. The number of anilines is 1. The second-order valence-corrected chi connectivity index (χ2v) is 10.3. The Morgan fingerprint density at radius 3 is 2.67 bits per heavy atom. The first-order chi connectivity index (χ1) is 14.4. The molecule has 154 valence electrons. The summed E-state index contributed by atoms with van der Waals surface area (Å²) in [5.41, 5.74) is 1.84. The van der Waals surface area contributed by atoms with Crippen LogP contribution in [0.1, 0.15) is 11.1 Å². The number of thiazole rings is 1. The summed E-state index contributed by atoms with van der Waals surface area (Å²) >= 11 is 4.81. The van der Waals surface area contributed by atoms with Crippen LogP contribution in [0.5, 0.6) is 5.75 Å². The number of aromatic nitrogens is 1. The van der Waals surface area contributed by atoms with E-state index >= 15 is 0 Å². The van der Waals surface area contributed by atoms with Crippen LogP contribution in [0.25, 0.3) is 10.8 Å². The maximum absolute atomic E-state index is 13.7. The molecule has 4 rings (SSSR count). The first-order valence-corrected chi connectivity index (χ1v) is 12.3. The van der Waals surface area contributed by atoms with Gasteiger partial charge in [-0.05, 0) is 59.2 Å². The number of methoxy groups -OCH3 is 1. The standard InChI is InChI=1S/C22H19BrN2O3S2/c1-15-12-18(28-2)7-6-17(15)14-25(22-24-10-11-29-22)30(26,27)19-8-9-20-16(13-19)4-3-5-21(20)23/h3-13H,14H2,1-2H3. The van der Waals surface area contributed by atoms with Gasteiger partial charge in [0.2, 0.25) is 0 Å². The van der Waals surface area contributed by atoms with E-state index in [0.717, 1.165) is 32.1 Å². The molecule has 0 aliphatic carbocycles. The zero-order valence-electron chi connectivity index (χ0n) is 16.4. The zero-order valence-corrected chi connectivity index (χ0v) is 19.6. The number of hydrogen-bond acceptors (Lipinski definition) is 5. The third-order valence-electron chi connectivity index (χ3n) is 4.88. The van der Waals surface area contributed by atoms with E-state index in [0.29, 0.717) is 5.13 Å². The topological polar surface area (TPSA) is 59.5 Å². The van der Waals surface area contributed by atoms with Gasteiger partial charge in [-0.3, -0.25) is 0 Å². The number of ether oxygens (including phenoxy) is 1. The molecule has 0 aliphatic heterocycles. The van der Waals surface area contributed by atoms with E-state index in [4.69, 9.17) is 4.74 Å². The highest BCUT2D eigenvalue weighted by Gasteiger charge is 2.28. The average molecular weight is 503 g/mol. The van der Waals surface area contributed by atoms with Gasteiger partial charge in [-0.2, -0.15) is 0 Å². The van der Waals surface area contributed by atoms with Crippen LogP contribution in [0.15, 0.2) is 75.5 Å². The molecule has 1 aromatic heterocycles. The molecule has 0 radical (unpaired) electrons. The van der Waals surface area contributed by atoms with Crippen molar-refractivity contribution in [3.63, 3.8) is 0 Å². The first-order valence-electron chi connectivity index (χ1n) is 9.14. The summed E-state index contributed by atoms with van der Waals surface area (Å²) in [5, 5.41) is 4.02. The minimum atomic E-state index is -3.82. The molecule has 0 N–H and O–H groups in total. The van der Waals surface area contributed by atoms with Crippen molar-refractivity contribution in [3.8, 4) is 5.75 Å². The van der Waals surface area contributed by atoms with Crippen LogP contribution in [0.3, 0.4) is 0 Å². The summed E-state index contributed by atoms with van der Waals surface area (Å²) < 4.78 is 34.9. The highest BCUT2D eigenvalue weighted by Crippen LogP contribution is 2.32. The van der Waals surface area contributed by atoms with Gasteiger partial charge >= 0.3 is 0 Å². The van der Waals surface area contributed by atoms with Gasteiger partial charge in [0.1, 0.15) is 5.75 Å². The molecular formula is C22H19BrN2O3S2. The van der Waals surface area contributed by atoms with Crippen LogP contribution < -0.4 is 9.04 Å². The number of hydrogen-bond donors (Lipinski definition) is 0. The molecule has 0 amide bonds. The lowest BCUT2D eigenvalue weighted by molar-refractivity contribution is 0.414. The summed E-state index contributed by atoms with van der Waals surface area (Å²) in [4.78, 5) is 4.51. The number of halogens is 1. The van der Waals surface area contributed by atoms with Gasteiger partial charge in [-0.25, -0.2) is 17.7 Å². The van der Waals surface area contributed by atoms with Crippen LogP contribution in [0.4, 0.5) is 5.13 Å². The second-order valence-electron chi connectivity index (χ2n) is 6.74. The van der Waals surface area contributed by atoms with Crippen molar-refractivity contribution < 1.29 is 13.2 Å². The monoisotopic (exact) mass is 502 g/mol. The molecule has 0 saturated carbocycles. The lowest BCUT2D eigenvalue weighted by Gasteiger charge is -2.23. The molecule has 0 bridgehead atoms. The maximum Gasteiger partial charge on any atom is 0.266 e. The van der Waals surface area contributed by atoms with E-state index in [2.05, 4.69) is 20.9 Å². The van der Waals surface area contributed by atoms with Gasteiger partial charge in [0.15, 0.2) is 5.13 Å². The van der Waals surface area contributed by atoms with Crippen LogP contribution in [0.2, 0.25) is 0 Å². The molecule has 8 heteroatoms. The van der Waals surface area contributed by atoms with Gasteiger partial charge in [0.05, 0.1) is 18.6 Å². The number of aryl methyl sites for hydroxylation is 1. The molecule has 0 spiro atoms. The molecular weight excluding hydrogens is 484 g/mol. The van der Waals surface area contributed by atoms with Crippen molar-refractivity contribution in [3.05, 3.63) is 81.8 Å². The molecule has 0 unspecified atom stereocenters. The molecule has 5 nitrogen and oxygen atoms in total. The van der Waals surface area contributed by atoms with Gasteiger partial charge in [0.25, 0.3) is 10.0 Å². The summed E-state index contributed by atoms with van der Waals surface area (Å²) in [6, 6.07) is 16.5. The Kier molecular flexibility index (Phi) is 5.81. The van der Waals surface area contributed by atoms with E-state index in [1.54, 1.807) is 30.8 Å². The molecule has 0 fully saturated rings. The zero-order chi connectivity index (χ0) is 21.3. The van der Waals surface area contributed by atoms with E-state index in [1.165, 1.54) is 15.6 Å². The molecule has 0 atom stereocenters. The number of benzene rings is 3. The fourth-order valence-corrected chi connectivity index (χ4v) is 6.05. The summed E-state index contributed by atoms with van der Waals surface area (Å²) in [7, 11) is -2.21. The van der Waals surface area contributed by atoms with E-state index in [1.807, 2.05) is 49.4 Å². The van der Waals surface area contributed by atoms with Gasteiger partial charge < -0.3 is 4.74 Å². The number of sulfonamides is 1. The summed E-state index contributed by atoms with van der Waals surface area (Å²) in [6.45, 7) is 2.13. The van der Waals surface area contributed by atoms with Gasteiger partial charge in [-0.1, -0.05) is 40.2 Å². The minimum Gasteiger partial charge on any atom is -0.497 e. The fraction of sp³-hybridized carbons (Fsp3) is 0.136. The molecule has 0 aliphatic rings. The van der Waals surface area contributed by atoms with E-state index < -0.39 is 10.0 Å². The molecule has 1 heterocycles. The largest absolute Gasteiger partial charge is 0.497 e. The van der Waals surface area contributed by atoms with Crippen LogP contribution in [-0.2, 0) is 16.6 Å². The van der Waals surface area contributed by atoms with Crippen LogP contribution >= 0.6 is 27.3 Å². The Morgan fingerprint density at radius 2 is 1.97 bits per heavy atom.